The Balaban J connectivity index is 2.57. The highest BCUT2D eigenvalue weighted by Gasteiger charge is 2.06. The predicted octanol–water partition coefficient (Wildman–Crippen LogP) is 3.88. The quantitative estimate of drug-likeness (QED) is 0.640. The lowest BCUT2D eigenvalue weighted by Gasteiger charge is -2.01. The molecule has 0 aliphatic rings. The van der Waals surface area contributed by atoms with Crippen LogP contribution in [-0.4, -0.2) is 5.11 Å². The van der Waals surface area contributed by atoms with E-state index in [0.717, 1.165) is 19.3 Å². The Morgan fingerprint density at radius 3 is 2.41 bits per heavy atom. The maximum Gasteiger partial charge on any atom is 0.195 e. The van der Waals surface area contributed by atoms with E-state index in [4.69, 9.17) is 0 Å². The maximum absolute atomic E-state index is 12.2. The van der Waals surface area contributed by atoms with Gasteiger partial charge in [0.2, 0.25) is 0 Å². The smallest absolute Gasteiger partial charge is 0.195 e. The van der Waals surface area contributed by atoms with E-state index in [1.807, 2.05) is 18.2 Å². The molecule has 0 saturated heterocycles. The van der Waals surface area contributed by atoms with Gasteiger partial charge in [0.05, 0.1) is 0 Å². The molecule has 0 aliphatic heterocycles. The molecular weight excluding hydrogens is 300 g/mol. The second-order valence-electron chi connectivity index (χ2n) is 3.75. The van der Waals surface area contributed by atoms with E-state index < -0.39 is 0 Å². The largest absolute Gasteiger partial charge is 0.508 e. The van der Waals surface area contributed by atoms with Crippen molar-refractivity contribution in [3.8, 4) is 5.75 Å². The number of hydrogen-bond donors (Lipinski definition) is 1. The minimum absolute atomic E-state index is 0.0150. The van der Waals surface area contributed by atoms with Gasteiger partial charge in [0, 0.05) is 24.6 Å². The molecule has 1 aromatic heterocycles. The Bertz CT molecular complexity index is 729. The van der Waals surface area contributed by atoms with Crippen LogP contribution in [0.1, 0.15) is 0 Å². The average molecular weight is 307 g/mol. The fourth-order valence-electron chi connectivity index (χ4n) is 1.81. The zero-order valence-electron chi connectivity index (χ0n) is 8.61. The molecule has 0 unspecified atom stereocenters. The summed E-state index contributed by atoms with van der Waals surface area (Å²) in [6.45, 7) is 0. The van der Waals surface area contributed by atoms with Crippen LogP contribution < -0.4 is 5.43 Å². The SMILES string of the molecule is O=c1c2ccc(O)cc2sc2cc(Br)ccc12. The number of hydrogen-bond acceptors (Lipinski definition) is 3. The Hall–Kier alpha value is -1.39. The molecule has 0 bridgehead atoms. The number of fused-ring (bicyclic) bond motifs is 2. The normalized spacial score (nSPS) is 11.1. The number of rotatable bonds is 0. The second kappa shape index (κ2) is 3.82. The molecule has 17 heavy (non-hydrogen) atoms. The van der Waals surface area contributed by atoms with Gasteiger partial charge in [0.1, 0.15) is 5.75 Å². The van der Waals surface area contributed by atoms with Crippen molar-refractivity contribution in [2.45, 2.75) is 0 Å². The molecule has 2 nitrogen and oxygen atoms in total. The fourth-order valence-corrected chi connectivity index (χ4v) is 3.47. The first kappa shape index (κ1) is 10.7. The fraction of sp³-hybridized carbons (Fsp3) is 0. The van der Waals surface area contributed by atoms with Gasteiger partial charge in [-0.3, -0.25) is 4.79 Å². The summed E-state index contributed by atoms with van der Waals surface area (Å²) in [4.78, 5) is 12.2. The highest BCUT2D eigenvalue weighted by Crippen LogP contribution is 2.28. The minimum atomic E-state index is 0.0150. The lowest BCUT2D eigenvalue weighted by Crippen LogP contribution is -2.00. The van der Waals surface area contributed by atoms with E-state index in [-0.39, 0.29) is 11.2 Å². The summed E-state index contributed by atoms with van der Waals surface area (Å²) in [5, 5.41) is 10.8. The summed E-state index contributed by atoms with van der Waals surface area (Å²) < 4.78 is 2.67. The van der Waals surface area contributed by atoms with Crippen LogP contribution in [0, 0.1) is 0 Å². The predicted molar refractivity (Wildman–Crippen MR) is 75.0 cm³/mol. The molecule has 3 rings (SSSR count). The maximum atomic E-state index is 12.2. The summed E-state index contributed by atoms with van der Waals surface area (Å²) in [5.74, 6) is 0.183. The van der Waals surface area contributed by atoms with Gasteiger partial charge in [-0.25, -0.2) is 0 Å². The number of halogens is 1. The highest BCUT2D eigenvalue weighted by molar-refractivity contribution is 9.10. The number of phenols is 1. The van der Waals surface area contributed by atoms with Crippen LogP contribution in [0.5, 0.6) is 5.75 Å². The van der Waals surface area contributed by atoms with Crippen LogP contribution in [0.25, 0.3) is 20.2 Å². The summed E-state index contributed by atoms with van der Waals surface area (Å²) in [5.41, 5.74) is 0.0150. The molecule has 1 N–H and O–H groups in total. The van der Waals surface area contributed by atoms with Gasteiger partial charge in [0.15, 0.2) is 5.43 Å². The number of aromatic hydroxyl groups is 1. The summed E-state index contributed by atoms with van der Waals surface area (Å²) in [6.07, 6.45) is 0. The van der Waals surface area contributed by atoms with E-state index in [9.17, 15) is 9.90 Å². The van der Waals surface area contributed by atoms with Crippen molar-refractivity contribution >= 4 is 47.4 Å². The molecule has 0 fully saturated rings. The standard InChI is InChI=1S/C13H7BrO2S/c14-7-1-3-9-11(5-7)17-12-6-8(15)2-4-10(12)13(9)16/h1-6,15H. The minimum Gasteiger partial charge on any atom is -0.508 e. The Morgan fingerprint density at radius 1 is 1.00 bits per heavy atom. The molecule has 0 amide bonds. The van der Waals surface area contributed by atoms with Crippen LogP contribution >= 0.6 is 27.3 Å². The highest BCUT2D eigenvalue weighted by atomic mass is 79.9. The van der Waals surface area contributed by atoms with Gasteiger partial charge in [-0.1, -0.05) is 15.9 Å². The Kier molecular flexibility index (Phi) is 2.42. The van der Waals surface area contributed by atoms with Crippen LogP contribution in [-0.2, 0) is 0 Å². The molecule has 1 heterocycles. The van der Waals surface area contributed by atoms with E-state index in [1.165, 1.54) is 11.3 Å². The third-order valence-electron chi connectivity index (χ3n) is 2.62. The zero-order chi connectivity index (χ0) is 12.0. The van der Waals surface area contributed by atoms with E-state index in [0.29, 0.717) is 5.39 Å². The van der Waals surface area contributed by atoms with Crippen molar-refractivity contribution in [2.75, 3.05) is 0 Å². The van der Waals surface area contributed by atoms with Gasteiger partial charge >= 0.3 is 0 Å². The topological polar surface area (TPSA) is 37.3 Å². The van der Waals surface area contributed by atoms with E-state index in [2.05, 4.69) is 15.9 Å². The van der Waals surface area contributed by atoms with Gasteiger partial charge in [-0.05, 0) is 36.4 Å². The van der Waals surface area contributed by atoms with Gasteiger partial charge in [0.25, 0.3) is 0 Å². The summed E-state index contributed by atoms with van der Waals surface area (Å²) in [6, 6.07) is 10.5. The molecule has 4 heteroatoms. The first-order chi connectivity index (χ1) is 8.15. The zero-order valence-corrected chi connectivity index (χ0v) is 11.0. The Labute approximate surface area is 109 Å². The van der Waals surface area contributed by atoms with Gasteiger partial charge in [-0.15, -0.1) is 11.3 Å². The monoisotopic (exact) mass is 306 g/mol. The second-order valence-corrected chi connectivity index (χ2v) is 5.75. The lowest BCUT2D eigenvalue weighted by molar-refractivity contribution is 0.476. The van der Waals surface area contributed by atoms with Crippen LogP contribution in [0.2, 0.25) is 0 Å². The van der Waals surface area contributed by atoms with E-state index in [1.54, 1.807) is 18.2 Å². The molecule has 3 aromatic rings. The summed E-state index contributed by atoms with van der Waals surface area (Å²) >= 11 is 4.89. The average Bonchev–Trinajstić information content (AvgIpc) is 2.28. The van der Waals surface area contributed by atoms with Crippen LogP contribution in [0.15, 0.2) is 45.7 Å². The van der Waals surface area contributed by atoms with Gasteiger partial charge < -0.3 is 5.11 Å². The van der Waals surface area contributed by atoms with Crippen LogP contribution in [0.3, 0.4) is 0 Å². The van der Waals surface area contributed by atoms with Gasteiger partial charge in [-0.2, -0.15) is 0 Å². The molecule has 0 saturated carbocycles. The van der Waals surface area contributed by atoms with Crippen molar-refractivity contribution < 1.29 is 5.11 Å². The van der Waals surface area contributed by atoms with Crippen molar-refractivity contribution in [3.05, 3.63) is 51.1 Å². The van der Waals surface area contributed by atoms with Crippen molar-refractivity contribution in [1.29, 1.82) is 0 Å². The third-order valence-corrected chi connectivity index (χ3v) is 4.23. The Morgan fingerprint density at radius 2 is 1.65 bits per heavy atom. The van der Waals surface area contributed by atoms with Crippen LogP contribution in [0.4, 0.5) is 0 Å². The molecule has 2 aromatic carbocycles. The number of phenolic OH excluding ortho intramolecular Hbond substituents is 1. The number of benzene rings is 2. The molecule has 0 aliphatic carbocycles. The van der Waals surface area contributed by atoms with E-state index >= 15 is 0 Å². The first-order valence-corrected chi connectivity index (χ1v) is 6.61. The van der Waals surface area contributed by atoms with Crippen molar-refractivity contribution in [3.63, 3.8) is 0 Å². The van der Waals surface area contributed by atoms with Crippen molar-refractivity contribution in [1.82, 2.24) is 0 Å². The third kappa shape index (κ3) is 1.73. The molecule has 0 atom stereocenters. The lowest BCUT2D eigenvalue weighted by atomic mass is 10.2. The molecular formula is C13H7BrO2S. The summed E-state index contributed by atoms with van der Waals surface area (Å²) in [7, 11) is 0. The molecule has 0 radical (unpaired) electrons. The van der Waals surface area contributed by atoms with Crippen molar-refractivity contribution in [2.24, 2.45) is 0 Å². The molecule has 0 spiro atoms. The first-order valence-electron chi connectivity index (χ1n) is 5.00. The molecule has 84 valence electrons.